The Bertz CT molecular complexity index is 1320. The van der Waals surface area contributed by atoms with Crippen LogP contribution in [0.1, 0.15) is 5.69 Å². The van der Waals surface area contributed by atoms with Gasteiger partial charge in [0.25, 0.3) is 11.5 Å². The maximum absolute atomic E-state index is 12.2. The van der Waals surface area contributed by atoms with Gasteiger partial charge in [0.2, 0.25) is 0 Å². The zero-order chi connectivity index (χ0) is 23.2. The number of nitrogens with one attached hydrogen (secondary N) is 1. The molecule has 1 amide bonds. The van der Waals surface area contributed by atoms with E-state index in [0.717, 1.165) is 0 Å². The number of hydrogen-bond donors (Lipinski definition) is 1. The van der Waals surface area contributed by atoms with E-state index in [1.165, 1.54) is 16.7 Å². The minimum absolute atomic E-state index is 0.121. The maximum atomic E-state index is 12.2. The minimum Gasteiger partial charge on any atom is -0.497 e. The summed E-state index contributed by atoms with van der Waals surface area (Å²) in [6.45, 7) is -0.00522. The lowest BCUT2D eigenvalue weighted by molar-refractivity contribution is -0.118. The Kier molecular flexibility index (Phi) is 6.75. The average molecular weight is 466 g/mol. The molecule has 2 heterocycles. The van der Waals surface area contributed by atoms with Crippen molar-refractivity contribution in [2.24, 2.45) is 0 Å². The number of methoxy groups -OCH3 is 1. The van der Waals surface area contributed by atoms with Crippen molar-refractivity contribution in [1.82, 2.24) is 9.38 Å². The lowest BCUT2D eigenvalue weighted by atomic mass is 10.3. The monoisotopic (exact) mass is 465 g/mol. The number of halogens is 1. The van der Waals surface area contributed by atoms with Crippen LogP contribution < -0.4 is 25.1 Å². The Labute approximate surface area is 194 Å². The van der Waals surface area contributed by atoms with E-state index >= 15 is 0 Å². The first-order chi connectivity index (χ1) is 16.0. The van der Waals surface area contributed by atoms with Crippen LogP contribution in [-0.4, -0.2) is 29.0 Å². The normalized spacial score (nSPS) is 10.6. The molecule has 2 aromatic carbocycles. The minimum atomic E-state index is -0.291. The summed E-state index contributed by atoms with van der Waals surface area (Å²) < 4.78 is 17.6. The van der Waals surface area contributed by atoms with Gasteiger partial charge in [-0.15, -0.1) is 0 Å². The van der Waals surface area contributed by atoms with E-state index in [-0.39, 0.29) is 24.7 Å². The largest absolute Gasteiger partial charge is 0.497 e. The van der Waals surface area contributed by atoms with Crippen molar-refractivity contribution >= 4 is 28.8 Å². The number of nitrogens with zero attached hydrogens (tertiary/aromatic N) is 2. The highest BCUT2D eigenvalue weighted by atomic mass is 35.5. The van der Waals surface area contributed by atoms with Gasteiger partial charge in [0.15, 0.2) is 6.61 Å². The number of aromatic nitrogens is 2. The van der Waals surface area contributed by atoms with Crippen LogP contribution >= 0.6 is 11.6 Å². The summed E-state index contributed by atoms with van der Waals surface area (Å²) >= 11 is 5.92. The predicted octanol–water partition coefficient (Wildman–Crippen LogP) is 3.95. The summed E-state index contributed by atoms with van der Waals surface area (Å²) in [6.07, 6.45) is 1.52. The number of carbonyl (C=O) groups is 1. The Morgan fingerprint density at radius 3 is 2.36 bits per heavy atom. The van der Waals surface area contributed by atoms with Crippen molar-refractivity contribution in [3.05, 3.63) is 94.0 Å². The molecule has 0 fully saturated rings. The molecule has 0 aliphatic carbocycles. The van der Waals surface area contributed by atoms with E-state index < -0.39 is 0 Å². The van der Waals surface area contributed by atoms with Crippen molar-refractivity contribution in [3.8, 4) is 17.2 Å². The predicted molar refractivity (Wildman–Crippen MR) is 124 cm³/mol. The van der Waals surface area contributed by atoms with Crippen molar-refractivity contribution in [2.45, 2.75) is 6.61 Å². The molecule has 2 aromatic heterocycles. The van der Waals surface area contributed by atoms with E-state index in [0.29, 0.717) is 39.3 Å². The third-order valence-electron chi connectivity index (χ3n) is 4.63. The van der Waals surface area contributed by atoms with Gasteiger partial charge in [-0.05, 0) is 60.7 Å². The van der Waals surface area contributed by atoms with Gasteiger partial charge in [-0.3, -0.25) is 14.0 Å². The van der Waals surface area contributed by atoms with Crippen LogP contribution in [0.5, 0.6) is 17.2 Å². The Morgan fingerprint density at radius 2 is 1.64 bits per heavy atom. The molecule has 0 bridgehead atoms. The second-order valence-electron chi connectivity index (χ2n) is 6.99. The van der Waals surface area contributed by atoms with Crippen LogP contribution in [0.4, 0.5) is 5.69 Å². The quantitative estimate of drug-likeness (QED) is 0.423. The third-order valence-corrected chi connectivity index (χ3v) is 4.85. The highest BCUT2D eigenvalue weighted by Crippen LogP contribution is 2.19. The van der Waals surface area contributed by atoms with Crippen molar-refractivity contribution in [3.63, 3.8) is 0 Å². The summed E-state index contributed by atoms with van der Waals surface area (Å²) in [5, 5.41) is 3.21. The van der Waals surface area contributed by atoms with E-state index in [1.807, 2.05) is 0 Å². The van der Waals surface area contributed by atoms with Gasteiger partial charge in [0.1, 0.15) is 29.5 Å². The number of hydrogen-bond acceptors (Lipinski definition) is 6. The van der Waals surface area contributed by atoms with Crippen LogP contribution in [0.3, 0.4) is 0 Å². The van der Waals surface area contributed by atoms with Crippen molar-refractivity contribution in [1.29, 1.82) is 0 Å². The molecule has 0 saturated heterocycles. The van der Waals surface area contributed by atoms with Crippen LogP contribution in [0.15, 0.2) is 77.7 Å². The molecule has 0 atom stereocenters. The number of pyridine rings is 1. The number of carbonyl (C=O) groups excluding carboxylic acids is 1. The number of ether oxygens (including phenoxy) is 3. The fraction of sp³-hybridized carbons (Fsp3) is 0.125. The second kappa shape index (κ2) is 10.1. The molecule has 33 heavy (non-hydrogen) atoms. The number of benzene rings is 2. The Morgan fingerprint density at radius 1 is 0.970 bits per heavy atom. The SMILES string of the molecule is COc1ccc(OCC(=O)Nc2ccc(OCc3cc(=O)n4cc(Cl)ccc4n3)cc2)cc1. The van der Waals surface area contributed by atoms with Crippen molar-refractivity contribution in [2.75, 3.05) is 19.0 Å². The molecule has 0 spiro atoms. The molecule has 0 unspecified atom stereocenters. The molecule has 168 valence electrons. The number of rotatable bonds is 8. The Hall–Kier alpha value is -4.04. The third kappa shape index (κ3) is 5.81. The summed E-state index contributed by atoms with van der Waals surface area (Å²) in [7, 11) is 1.58. The molecule has 9 heteroatoms. The van der Waals surface area contributed by atoms with E-state index in [2.05, 4.69) is 10.3 Å². The smallest absolute Gasteiger partial charge is 0.262 e. The number of amides is 1. The first-order valence-corrected chi connectivity index (χ1v) is 10.4. The average Bonchev–Trinajstić information content (AvgIpc) is 2.83. The molecule has 4 rings (SSSR count). The number of anilines is 1. The standard InChI is InChI=1S/C24H20ClN3O5/c1-31-19-7-9-21(10-8-19)33-15-23(29)27-17-3-5-20(6-4-17)32-14-18-12-24(30)28-13-16(25)2-11-22(28)26-18/h2-13H,14-15H2,1H3,(H,27,29). The van der Waals surface area contributed by atoms with Gasteiger partial charge in [-0.1, -0.05) is 11.6 Å². The topological polar surface area (TPSA) is 91.2 Å². The highest BCUT2D eigenvalue weighted by Gasteiger charge is 2.06. The van der Waals surface area contributed by atoms with E-state index in [1.54, 1.807) is 67.8 Å². The molecule has 8 nitrogen and oxygen atoms in total. The fourth-order valence-electron chi connectivity index (χ4n) is 3.01. The molecule has 0 aliphatic heterocycles. The molecule has 4 aromatic rings. The highest BCUT2D eigenvalue weighted by molar-refractivity contribution is 6.30. The second-order valence-corrected chi connectivity index (χ2v) is 7.42. The van der Waals surface area contributed by atoms with Gasteiger partial charge in [-0.2, -0.15) is 0 Å². The van der Waals surface area contributed by atoms with Crippen LogP contribution in [0.25, 0.3) is 5.65 Å². The molecular weight excluding hydrogens is 446 g/mol. The van der Waals surface area contributed by atoms with Crippen LogP contribution in [0, 0.1) is 0 Å². The van der Waals surface area contributed by atoms with Crippen LogP contribution in [-0.2, 0) is 11.4 Å². The number of fused-ring (bicyclic) bond motifs is 1. The molecule has 1 N–H and O–H groups in total. The fourth-order valence-corrected chi connectivity index (χ4v) is 3.17. The molecule has 0 saturated carbocycles. The van der Waals surface area contributed by atoms with Gasteiger partial charge in [0, 0.05) is 18.0 Å². The lowest BCUT2D eigenvalue weighted by Gasteiger charge is -2.10. The zero-order valence-corrected chi connectivity index (χ0v) is 18.4. The van der Waals surface area contributed by atoms with Gasteiger partial charge < -0.3 is 19.5 Å². The Balaban J connectivity index is 1.30. The van der Waals surface area contributed by atoms with E-state index in [4.69, 9.17) is 25.8 Å². The van der Waals surface area contributed by atoms with Crippen molar-refractivity contribution < 1.29 is 19.0 Å². The first-order valence-electron chi connectivity index (χ1n) is 9.97. The first kappa shape index (κ1) is 22.2. The summed E-state index contributed by atoms with van der Waals surface area (Å²) in [4.78, 5) is 28.8. The summed E-state index contributed by atoms with van der Waals surface area (Å²) in [5.41, 5.74) is 1.34. The molecule has 0 radical (unpaired) electrons. The maximum Gasteiger partial charge on any atom is 0.262 e. The van der Waals surface area contributed by atoms with Gasteiger partial charge >= 0.3 is 0 Å². The zero-order valence-electron chi connectivity index (χ0n) is 17.7. The van der Waals surface area contributed by atoms with Crippen LogP contribution in [0.2, 0.25) is 5.02 Å². The van der Waals surface area contributed by atoms with E-state index in [9.17, 15) is 9.59 Å². The summed E-state index contributed by atoms with van der Waals surface area (Å²) in [6, 6.07) is 18.6. The molecular formula is C24H20ClN3O5. The summed E-state index contributed by atoms with van der Waals surface area (Å²) in [5.74, 6) is 1.56. The molecule has 0 aliphatic rings. The van der Waals surface area contributed by atoms with Gasteiger partial charge in [0.05, 0.1) is 17.8 Å². The lowest BCUT2D eigenvalue weighted by Crippen LogP contribution is -2.20. The van der Waals surface area contributed by atoms with Gasteiger partial charge in [-0.25, -0.2) is 4.98 Å².